The quantitative estimate of drug-likeness (QED) is 0.812. The molecule has 0 aliphatic carbocycles. The van der Waals surface area contributed by atoms with Gasteiger partial charge in [0.25, 0.3) is 0 Å². The lowest BCUT2D eigenvalue weighted by atomic mass is 10.3. The van der Waals surface area contributed by atoms with Gasteiger partial charge < -0.3 is 5.73 Å². The summed E-state index contributed by atoms with van der Waals surface area (Å²) in [5.74, 6) is 0. The van der Waals surface area contributed by atoms with Gasteiger partial charge in [-0.3, -0.25) is 9.67 Å². The standard InChI is InChI=1S/C12H17N5O2S/c1-9-10(8-17(2)16-9)7-15-20(18,19)12-4-3-5-14-11(12)6-13/h3-5,8,15H,6-7,13H2,1-2H3. The van der Waals surface area contributed by atoms with Gasteiger partial charge in [-0.1, -0.05) is 0 Å². The molecular weight excluding hydrogens is 278 g/mol. The summed E-state index contributed by atoms with van der Waals surface area (Å²) >= 11 is 0. The third-order valence-corrected chi connectivity index (χ3v) is 4.37. The summed E-state index contributed by atoms with van der Waals surface area (Å²) in [4.78, 5) is 4.09. The van der Waals surface area contributed by atoms with Gasteiger partial charge in [-0.05, 0) is 19.1 Å². The van der Waals surface area contributed by atoms with E-state index in [1.807, 2.05) is 6.92 Å². The highest BCUT2D eigenvalue weighted by Gasteiger charge is 2.18. The fraction of sp³-hybridized carbons (Fsp3) is 0.333. The number of aryl methyl sites for hydroxylation is 2. The van der Waals surface area contributed by atoms with Gasteiger partial charge in [0.2, 0.25) is 10.0 Å². The van der Waals surface area contributed by atoms with Crippen molar-refractivity contribution in [3.63, 3.8) is 0 Å². The van der Waals surface area contributed by atoms with E-state index < -0.39 is 10.0 Å². The van der Waals surface area contributed by atoms with Crippen molar-refractivity contribution in [1.82, 2.24) is 19.5 Å². The minimum Gasteiger partial charge on any atom is -0.325 e. The monoisotopic (exact) mass is 295 g/mol. The van der Waals surface area contributed by atoms with Crippen molar-refractivity contribution in [2.24, 2.45) is 12.8 Å². The maximum Gasteiger partial charge on any atom is 0.242 e. The molecular formula is C12H17N5O2S. The van der Waals surface area contributed by atoms with Crippen LogP contribution in [0.5, 0.6) is 0 Å². The molecule has 0 atom stereocenters. The van der Waals surface area contributed by atoms with Crippen LogP contribution in [0.4, 0.5) is 0 Å². The molecule has 0 bridgehead atoms. The van der Waals surface area contributed by atoms with Gasteiger partial charge in [0.15, 0.2) is 0 Å². The number of rotatable bonds is 5. The summed E-state index contributed by atoms with van der Waals surface area (Å²) in [6.45, 7) is 2.09. The Balaban J connectivity index is 2.21. The molecule has 0 aliphatic heterocycles. The summed E-state index contributed by atoms with van der Waals surface area (Å²) in [6, 6.07) is 3.07. The van der Waals surface area contributed by atoms with Gasteiger partial charge in [-0.2, -0.15) is 5.10 Å². The fourth-order valence-corrected chi connectivity index (χ4v) is 3.10. The summed E-state index contributed by atoms with van der Waals surface area (Å²) in [6.07, 6.45) is 3.30. The largest absolute Gasteiger partial charge is 0.325 e. The average Bonchev–Trinajstić information content (AvgIpc) is 2.75. The molecule has 0 fully saturated rings. The lowest BCUT2D eigenvalue weighted by molar-refractivity contribution is 0.579. The lowest BCUT2D eigenvalue weighted by Crippen LogP contribution is -2.25. The van der Waals surface area contributed by atoms with Gasteiger partial charge >= 0.3 is 0 Å². The summed E-state index contributed by atoms with van der Waals surface area (Å²) in [5.41, 5.74) is 7.48. The number of nitrogens with one attached hydrogen (secondary N) is 1. The molecule has 0 spiro atoms. The summed E-state index contributed by atoms with van der Waals surface area (Å²) in [7, 11) is -1.85. The normalized spacial score (nSPS) is 11.8. The van der Waals surface area contributed by atoms with Gasteiger partial charge in [0.05, 0.1) is 11.4 Å². The number of hydrogen-bond acceptors (Lipinski definition) is 5. The van der Waals surface area contributed by atoms with Crippen LogP contribution >= 0.6 is 0 Å². The van der Waals surface area contributed by atoms with Crippen LogP contribution in [0.3, 0.4) is 0 Å². The molecule has 0 radical (unpaired) electrons. The highest BCUT2D eigenvalue weighted by atomic mass is 32.2. The van der Waals surface area contributed by atoms with E-state index in [0.717, 1.165) is 11.3 Å². The van der Waals surface area contributed by atoms with Crippen molar-refractivity contribution < 1.29 is 8.42 Å². The average molecular weight is 295 g/mol. The molecule has 8 heteroatoms. The van der Waals surface area contributed by atoms with Crippen molar-refractivity contribution in [1.29, 1.82) is 0 Å². The number of pyridine rings is 1. The predicted octanol–water partition coefficient (Wildman–Crippen LogP) is 0.0607. The lowest BCUT2D eigenvalue weighted by Gasteiger charge is -2.09. The summed E-state index contributed by atoms with van der Waals surface area (Å²) in [5, 5.41) is 4.17. The fourth-order valence-electron chi connectivity index (χ4n) is 1.89. The number of nitrogens with two attached hydrogens (primary N) is 1. The van der Waals surface area contributed by atoms with Crippen LogP contribution in [0.2, 0.25) is 0 Å². The molecule has 7 nitrogen and oxygen atoms in total. The number of sulfonamides is 1. The Hall–Kier alpha value is -1.77. The number of nitrogens with zero attached hydrogens (tertiary/aromatic N) is 3. The first-order valence-corrected chi connectivity index (χ1v) is 7.55. The van der Waals surface area contributed by atoms with Crippen molar-refractivity contribution in [2.45, 2.75) is 24.9 Å². The van der Waals surface area contributed by atoms with Crippen LogP contribution in [0, 0.1) is 6.92 Å². The molecule has 2 rings (SSSR count). The van der Waals surface area contributed by atoms with Crippen LogP contribution in [-0.2, 0) is 30.2 Å². The minimum atomic E-state index is -3.64. The molecule has 108 valence electrons. The van der Waals surface area contributed by atoms with Crippen molar-refractivity contribution in [3.05, 3.63) is 41.5 Å². The number of hydrogen-bond donors (Lipinski definition) is 2. The molecule has 2 aromatic heterocycles. The number of aromatic nitrogens is 3. The van der Waals surface area contributed by atoms with Crippen molar-refractivity contribution in [3.8, 4) is 0 Å². The Morgan fingerprint density at radius 2 is 2.20 bits per heavy atom. The zero-order valence-electron chi connectivity index (χ0n) is 11.4. The first-order chi connectivity index (χ1) is 9.44. The predicted molar refractivity (Wildman–Crippen MR) is 74.1 cm³/mol. The third kappa shape index (κ3) is 3.03. The molecule has 20 heavy (non-hydrogen) atoms. The van der Waals surface area contributed by atoms with E-state index in [2.05, 4.69) is 14.8 Å². The second kappa shape index (κ2) is 5.70. The van der Waals surface area contributed by atoms with E-state index in [4.69, 9.17) is 5.73 Å². The molecule has 0 aromatic carbocycles. The van der Waals surface area contributed by atoms with Gasteiger partial charge in [0.1, 0.15) is 4.90 Å². The van der Waals surface area contributed by atoms with E-state index in [9.17, 15) is 8.42 Å². The Bertz CT molecular complexity index is 708. The maximum absolute atomic E-state index is 12.3. The molecule has 2 heterocycles. The molecule has 0 saturated carbocycles. The zero-order chi connectivity index (χ0) is 14.8. The van der Waals surface area contributed by atoms with Crippen molar-refractivity contribution in [2.75, 3.05) is 0 Å². The molecule has 0 amide bonds. The third-order valence-electron chi connectivity index (χ3n) is 2.90. The SMILES string of the molecule is Cc1nn(C)cc1CNS(=O)(=O)c1cccnc1CN. The van der Waals surface area contributed by atoms with Gasteiger partial charge in [0, 0.05) is 38.1 Å². The highest BCUT2D eigenvalue weighted by molar-refractivity contribution is 7.89. The highest BCUT2D eigenvalue weighted by Crippen LogP contribution is 2.13. The van der Waals surface area contributed by atoms with Gasteiger partial charge in [-0.25, -0.2) is 13.1 Å². The Morgan fingerprint density at radius 3 is 2.80 bits per heavy atom. The Kier molecular flexibility index (Phi) is 4.17. The van der Waals surface area contributed by atoms with Crippen LogP contribution in [-0.4, -0.2) is 23.2 Å². The molecule has 0 unspecified atom stereocenters. The Morgan fingerprint density at radius 1 is 1.45 bits per heavy atom. The van der Waals surface area contributed by atoms with E-state index in [1.165, 1.54) is 12.3 Å². The van der Waals surface area contributed by atoms with E-state index >= 15 is 0 Å². The first kappa shape index (κ1) is 14.6. The molecule has 0 saturated heterocycles. The maximum atomic E-state index is 12.3. The van der Waals surface area contributed by atoms with Crippen LogP contribution in [0.25, 0.3) is 0 Å². The topological polar surface area (TPSA) is 103 Å². The smallest absolute Gasteiger partial charge is 0.242 e. The first-order valence-electron chi connectivity index (χ1n) is 6.07. The van der Waals surface area contributed by atoms with E-state index in [0.29, 0.717) is 5.69 Å². The van der Waals surface area contributed by atoms with Gasteiger partial charge in [-0.15, -0.1) is 0 Å². The minimum absolute atomic E-state index is 0.0724. The molecule has 2 aromatic rings. The zero-order valence-corrected chi connectivity index (χ0v) is 12.2. The van der Waals surface area contributed by atoms with E-state index in [-0.39, 0.29) is 18.0 Å². The Labute approximate surface area is 117 Å². The molecule has 0 aliphatic rings. The van der Waals surface area contributed by atoms with Crippen molar-refractivity contribution >= 4 is 10.0 Å². The van der Waals surface area contributed by atoms with Crippen LogP contribution in [0.15, 0.2) is 29.4 Å². The summed E-state index contributed by atoms with van der Waals surface area (Å²) < 4.78 is 28.7. The van der Waals surface area contributed by atoms with Crippen LogP contribution < -0.4 is 10.5 Å². The van der Waals surface area contributed by atoms with E-state index in [1.54, 1.807) is 24.0 Å². The second-order valence-corrected chi connectivity index (χ2v) is 6.13. The second-order valence-electron chi connectivity index (χ2n) is 4.39. The molecule has 3 N–H and O–H groups in total. The van der Waals surface area contributed by atoms with Crippen LogP contribution in [0.1, 0.15) is 17.0 Å².